The highest BCUT2D eigenvalue weighted by molar-refractivity contribution is 7.89. The molecule has 0 amide bonds. The van der Waals surface area contributed by atoms with Crippen molar-refractivity contribution in [1.29, 1.82) is 0 Å². The van der Waals surface area contributed by atoms with Crippen molar-refractivity contribution in [3.63, 3.8) is 0 Å². The van der Waals surface area contributed by atoms with E-state index in [1.54, 1.807) is 0 Å². The number of rotatable bonds is 8. The van der Waals surface area contributed by atoms with E-state index in [2.05, 4.69) is 19.9 Å². The molecule has 2 aromatic carbocycles. The van der Waals surface area contributed by atoms with Crippen LogP contribution < -0.4 is 4.72 Å². The van der Waals surface area contributed by atoms with Crippen LogP contribution in [0.4, 0.5) is 0 Å². The van der Waals surface area contributed by atoms with E-state index in [1.165, 1.54) is 36.8 Å². The Morgan fingerprint density at radius 3 is 2.39 bits per heavy atom. The van der Waals surface area contributed by atoms with Gasteiger partial charge in [-0.25, -0.2) is 18.1 Å². The Labute approximate surface area is 164 Å². The van der Waals surface area contributed by atoms with Crippen molar-refractivity contribution in [2.75, 3.05) is 6.54 Å². The molecule has 0 fully saturated rings. The van der Waals surface area contributed by atoms with Gasteiger partial charge in [-0.3, -0.25) is 9.89 Å². The number of sulfonamides is 1. The first-order valence-electron chi connectivity index (χ1n) is 8.90. The van der Waals surface area contributed by atoms with Crippen LogP contribution in [0.1, 0.15) is 40.1 Å². The van der Waals surface area contributed by atoms with Crippen molar-refractivity contribution in [1.82, 2.24) is 19.9 Å². The number of hydrogen-bond donors (Lipinski definition) is 2. The zero-order chi connectivity index (χ0) is 20.1. The van der Waals surface area contributed by atoms with Gasteiger partial charge in [0.05, 0.1) is 4.90 Å². The van der Waals surface area contributed by atoms with Crippen LogP contribution in [0.3, 0.4) is 0 Å². The lowest BCUT2D eigenvalue weighted by molar-refractivity contribution is 0.101. The van der Waals surface area contributed by atoms with E-state index in [1.807, 2.05) is 31.2 Å². The average molecular weight is 398 g/mol. The Morgan fingerprint density at radius 1 is 1.07 bits per heavy atom. The van der Waals surface area contributed by atoms with Gasteiger partial charge < -0.3 is 0 Å². The highest BCUT2D eigenvalue weighted by atomic mass is 32.2. The Balaban J connectivity index is 1.55. The lowest BCUT2D eigenvalue weighted by Crippen LogP contribution is -2.26. The lowest BCUT2D eigenvalue weighted by Gasteiger charge is -2.06. The Kier molecular flexibility index (Phi) is 6.01. The minimum Gasteiger partial charge on any atom is -0.295 e. The highest BCUT2D eigenvalue weighted by Gasteiger charge is 2.14. The van der Waals surface area contributed by atoms with Crippen LogP contribution in [0.25, 0.3) is 0 Å². The number of nitrogens with one attached hydrogen (secondary N) is 2. The van der Waals surface area contributed by atoms with Gasteiger partial charge in [-0.15, -0.1) is 0 Å². The number of aryl methyl sites for hydroxylation is 1. The molecule has 146 valence electrons. The van der Waals surface area contributed by atoms with E-state index in [4.69, 9.17) is 0 Å². The maximum absolute atomic E-state index is 12.3. The molecule has 0 aliphatic carbocycles. The molecule has 0 saturated carbocycles. The van der Waals surface area contributed by atoms with Crippen LogP contribution in [-0.2, 0) is 22.9 Å². The summed E-state index contributed by atoms with van der Waals surface area (Å²) in [5, 5.41) is 7.04. The number of Topliss-reactive ketones (excluding diaryl/α,β-unsaturated/α-hetero) is 1. The molecule has 3 aromatic rings. The Hall–Kier alpha value is -2.84. The third kappa shape index (κ3) is 5.11. The molecule has 0 saturated heterocycles. The van der Waals surface area contributed by atoms with Crippen molar-refractivity contribution >= 4 is 15.8 Å². The molecule has 0 bridgehead atoms. The molecule has 3 rings (SSSR count). The Bertz CT molecular complexity index is 1060. The topological polar surface area (TPSA) is 105 Å². The summed E-state index contributed by atoms with van der Waals surface area (Å²) < 4.78 is 27.2. The largest absolute Gasteiger partial charge is 0.295 e. The summed E-state index contributed by atoms with van der Waals surface area (Å²) in [6.45, 7) is 3.65. The third-order valence-electron chi connectivity index (χ3n) is 4.28. The normalized spacial score (nSPS) is 11.5. The molecular weight excluding hydrogens is 376 g/mol. The molecule has 2 N–H and O–H groups in total. The molecule has 1 aromatic heterocycles. The number of aromatic nitrogens is 3. The number of carbonyl (C=O) groups is 1. The van der Waals surface area contributed by atoms with E-state index >= 15 is 0 Å². The van der Waals surface area contributed by atoms with Gasteiger partial charge in [-0.2, -0.15) is 5.10 Å². The van der Waals surface area contributed by atoms with E-state index in [-0.39, 0.29) is 17.2 Å². The van der Waals surface area contributed by atoms with Crippen molar-refractivity contribution in [2.24, 2.45) is 0 Å². The number of hydrogen-bond acceptors (Lipinski definition) is 5. The molecular formula is C20H22N4O3S. The molecule has 8 heteroatoms. The Morgan fingerprint density at radius 2 is 1.75 bits per heavy atom. The summed E-state index contributed by atoms with van der Waals surface area (Å²) in [4.78, 5) is 15.8. The van der Waals surface area contributed by atoms with E-state index in [9.17, 15) is 13.2 Å². The molecule has 28 heavy (non-hydrogen) atoms. The van der Waals surface area contributed by atoms with Gasteiger partial charge >= 0.3 is 0 Å². The standard InChI is InChI=1S/C20H22N4O3S/c1-14-3-5-16(6-4-14)13-20-22-19(23-24-20)11-12-21-28(26,27)18-9-7-17(8-10-18)15(2)25/h3-10,21H,11-13H2,1-2H3,(H,22,23,24). The second-order valence-corrected chi connectivity index (χ2v) is 8.36. The molecule has 0 aliphatic rings. The predicted octanol–water partition coefficient (Wildman–Crippen LogP) is 2.43. The quantitative estimate of drug-likeness (QED) is 0.567. The van der Waals surface area contributed by atoms with Crippen LogP contribution in [0.15, 0.2) is 53.4 Å². The zero-order valence-corrected chi connectivity index (χ0v) is 16.6. The lowest BCUT2D eigenvalue weighted by atomic mass is 10.1. The number of nitrogens with zero attached hydrogens (tertiary/aromatic N) is 2. The smallest absolute Gasteiger partial charge is 0.240 e. The average Bonchev–Trinajstić information content (AvgIpc) is 3.11. The monoisotopic (exact) mass is 398 g/mol. The molecule has 0 aliphatic heterocycles. The van der Waals surface area contributed by atoms with Gasteiger partial charge in [-0.1, -0.05) is 42.0 Å². The molecule has 1 heterocycles. The first kappa shape index (κ1) is 19.9. The molecule has 0 unspecified atom stereocenters. The summed E-state index contributed by atoms with van der Waals surface area (Å²) in [7, 11) is -3.65. The van der Waals surface area contributed by atoms with E-state index in [0.29, 0.717) is 24.2 Å². The fraction of sp³-hybridized carbons (Fsp3) is 0.250. The van der Waals surface area contributed by atoms with Crippen LogP contribution in [0.2, 0.25) is 0 Å². The molecule has 0 atom stereocenters. The maximum atomic E-state index is 12.3. The summed E-state index contributed by atoms with van der Waals surface area (Å²) in [6, 6.07) is 14.0. The van der Waals surface area contributed by atoms with Crippen LogP contribution >= 0.6 is 0 Å². The summed E-state index contributed by atoms with van der Waals surface area (Å²) in [6.07, 6.45) is 1.01. The van der Waals surface area contributed by atoms with Crippen molar-refractivity contribution in [2.45, 2.75) is 31.6 Å². The van der Waals surface area contributed by atoms with Gasteiger partial charge in [0.25, 0.3) is 0 Å². The minimum atomic E-state index is -3.65. The number of aromatic amines is 1. The maximum Gasteiger partial charge on any atom is 0.240 e. The van der Waals surface area contributed by atoms with Gasteiger partial charge in [0.2, 0.25) is 10.0 Å². The number of carbonyl (C=O) groups excluding carboxylic acids is 1. The second kappa shape index (κ2) is 8.45. The van der Waals surface area contributed by atoms with E-state index < -0.39 is 10.0 Å². The zero-order valence-electron chi connectivity index (χ0n) is 15.8. The van der Waals surface area contributed by atoms with Gasteiger partial charge in [0.15, 0.2) is 11.6 Å². The first-order valence-corrected chi connectivity index (χ1v) is 10.4. The predicted molar refractivity (Wildman–Crippen MR) is 106 cm³/mol. The van der Waals surface area contributed by atoms with Crippen LogP contribution in [0.5, 0.6) is 0 Å². The fourth-order valence-electron chi connectivity index (χ4n) is 2.67. The van der Waals surface area contributed by atoms with Gasteiger partial charge in [0.1, 0.15) is 5.82 Å². The fourth-order valence-corrected chi connectivity index (χ4v) is 3.71. The van der Waals surface area contributed by atoms with Crippen molar-refractivity contribution in [3.8, 4) is 0 Å². The highest BCUT2D eigenvalue weighted by Crippen LogP contribution is 2.11. The third-order valence-corrected chi connectivity index (χ3v) is 5.76. The molecule has 0 radical (unpaired) electrons. The second-order valence-electron chi connectivity index (χ2n) is 6.59. The molecule has 7 nitrogen and oxygen atoms in total. The molecule has 0 spiro atoms. The van der Waals surface area contributed by atoms with Crippen LogP contribution in [-0.4, -0.2) is 35.9 Å². The van der Waals surface area contributed by atoms with Crippen molar-refractivity contribution in [3.05, 3.63) is 76.9 Å². The number of H-pyrrole nitrogens is 1. The van der Waals surface area contributed by atoms with Crippen molar-refractivity contribution < 1.29 is 13.2 Å². The van der Waals surface area contributed by atoms with Crippen LogP contribution in [0, 0.1) is 6.92 Å². The SMILES string of the molecule is CC(=O)c1ccc(S(=O)(=O)NCCc2n[nH]c(Cc3ccc(C)cc3)n2)cc1. The number of benzene rings is 2. The summed E-state index contributed by atoms with van der Waals surface area (Å²) >= 11 is 0. The summed E-state index contributed by atoms with van der Waals surface area (Å²) in [5.74, 6) is 1.18. The number of ketones is 1. The van der Waals surface area contributed by atoms with E-state index in [0.717, 1.165) is 11.4 Å². The van der Waals surface area contributed by atoms with Gasteiger partial charge in [0, 0.05) is 24.9 Å². The van der Waals surface area contributed by atoms with Gasteiger partial charge in [-0.05, 0) is 31.5 Å². The first-order chi connectivity index (χ1) is 13.3. The summed E-state index contributed by atoms with van der Waals surface area (Å²) in [5.41, 5.74) is 2.80. The minimum absolute atomic E-state index is 0.108.